The molecule has 0 radical (unpaired) electrons. The van der Waals surface area contributed by atoms with Crippen LogP contribution in [0.25, 0.3) is 0 Å². The van der Waals surface area contributed by atoms with E-state index in [4.69, 9.17) is 25.2 Å². The second-order valence-corrected chi connectivity index (χ2v) is 3.65. The molecule has 0 saturated carbocycles. The van der Waals surface area contributed by atoms with Crippen molar-refractivity contribution in [2.75, 3.05) is 19.8 Å². The van der Waals surface area contributed by atoms with E-state index in [9.17, 15) is 10.2 Å². The molecule has 0 aromatic carbocycles. The molecule has 98 valence electrons. The van der Waals surface area contributed by atoms with Crippen molar-refractivity contribution in [1.29, 1.82) is 0 Å². The van der Waals surface area contributed by atoms with Crippen LogP contribution in [-0.2, 0) is 4.74 Å². The molecule has 0 spiro atoms. The molecule has 0 amide bonds. The van der Waals surface area contributed by atoms with E-state index in [-0.39, 0.29) is 13.2 Å². The molecule has 0 aliphatic rings. The van der Waals surface area contributed by atoms with E-state index >= 15 is 0 Å². The number of aliphatic hydroxyl groups is 6. The minimum Gasteiger partial charge on any atom is -0.394 e. The summed E-state index contributed by atoms with van der Waals surface area (Å²) in [5.74, 6) is 0. The summed E-state index contributed by atoms with van der Waals surface area (Å²) >= 11 is 0. The van der Waals surface area contributed by atoms with E-state index in [0.29, 0.717) is 0 Å². The molecule has 7 heteroatoms. The lowest BCUT2D eigenvalue weighted by molar-refractivity contribution is -0.111. The van der Waals surface area contributed by atoms with Gasteiger partial charge in [-0.15, -0.1) is 0 Å². The van der Waals surface area contributed by atoms with Gasteiger partial charge in [0.15, 0.2) is 0 Å². The van der Waals surface area contributed by atoms with E-state index in [0.717, 1.165) is 0 Å². The molecule has 16 heavy (non-hydrogen) atoms. The fourth-order valence-electron chi connectivity index (χ4n) is 0.912. The van der Waals surface area contributed by atoms with Crippen LogP contribution in [0.15, 0.2) is 0 Å². The zero-order chi connectivity index (χ0) is 12.7. The Morgan fingerprint density at radius 1 is 0.875 bits per heavy atom. The Labute approximate surface area is 93.5 Å². The Hall–Kier alpha value is -0.280. The third-order valence-electron chi connectivity index (χ3n) is 2.11. The minimum atomic E-state index is -1.52. The number of hydrogen-bond donors (Lipinski definition) is 6. The van der Waals surface area contributed by atoms with Gasteiger partial charge < -0.3 is 35.4 Å². The predicted octanol–water partition coefficient (Wildman–Crippen LogP) is -3.18. The second-order valence-electron chi connectivity index (χ2n) is 3.65. The highest BCUT2D eigenvalue weighted by atomic mass is 16.5. The number of hydrogen-bond acceptors (Lipinski definition) is 7. The van der Waals surface area contributed by atoms with Gasteiger partial charge in [0.2, 0.25) is 0 Å². The van der Waals surface area contributed by atoms with Crippen LogP contribution in [0.5, 0.6) is 0 Å². The summed E-state index contributed by atoms with van der Waals surface area (Å²) in [6.45, 7) is 0.196. The van der Waals surface area contributed by atoms with E-state index < -0.39 is 37.1 Å². The van der Waals surface area contributed by atoms with Gasteiger partial charge in [0.1, 0.15) is 24.4 Å². The zero-order valence-corrected chi connectivity index (χ0v) is 9.10. The maximum atomic E-state index is 9.28. The van der Waals surface area contributed by atoms with Crippen LogP contribution in [0.3, 0.4) is 0 Å². The van der Waals surface area contributed by atoms with Crippen LogP contribution in [0, 0.1) is 0 Å². The highest BCUT2D eigenvalue weighted by Gasteiger charge is 2.24. The monoisotopic (exact) mass is 240 g/mol. The van der Waals surface area contributed by atoms with Gasteiger partial charge in [-0.05, 0) is 6.92 Å². The normalized spacial score (nSPS) is 21.2. The third-order valence-corrected chi connectivity index (χ3v) is 2.11. The smallest absolute Gasteiger partial charge is 0.110 e. The molecule has 0 aromatic rings. The van der Waals surface area contributed by atoms with Crippen molar-refractivity contribution in [3.8, 4) is 0 Å². The molecule has 0 saturated heterocycles. The topological polar surface area (TPSA) is 131 Å². The average molecular weight is 240 g/mol. The molecule has 0 aromatic heterocycles. The molecule has 5 atom stereocenters. The van der Waals surface area contributed by atoms with Crippen LogP contribution in [0.4, 0.5) is 0 Å². The molecule has 0 fully saturated rings. The number of ether oxygens (including phenoxy) is 1. The lowest BCUT2D eigenvalue weighted by Crippen LogP contribution is -2.42. The van der Waals surface area contributed by atoms with Gasteiger partial charge in [-0.3, -0.25) is 0 Å². The predicted molar refractivity (Wildman–Crippen MR) is 53.6 cm³/mol. The molecule has 2 unspecified atom stereocenters. The van der Waals surface area contributed by atoms with Crippen LogP contribution in [0.2, 0.25) is 0 Å². The van der Waals surface area contributed by atoms with E-state index in [1.807, 2.05) is 0 Å². The molecule has 0 bridgehead atoms. The summed E-state index contributed by atoms with van der Waals surface area (Å²) in [5.41, 5.74) is 0. The quantitative estimate of drug-likeness (QED) is 0.264. The first-order valence-electron chi connectivity index (χ1n) is 4.99. The first kappa shape index (κ1) is 15.7. The van der Waals surface area contributed by atoms with E-state index in [2.05, 4.69) is 0 Å². The Kier molecular flexibility index (Phi) is 7.77. The summed E-state index contributed by atoms with van der Waals surface area (Å²) in [7, 11) is 0. The van der Waals surface area contributed by atoms with Gasteiger partial charge in [-0.2, -0.15) is 0 Å². The van der Waals surface area contributed by atoms with Crippen molar-refractivity contribution in [2.24, 2.45) is 0 Å². The lowest BCUT2D eigenvalue weighted by atomic mass is 10.1. The van der Waals surface area contributed by atoms with E-state index in [1.54, 1.807) is 0 Å². The van der Waals surface area contributed by atoms with Gasteiger partial charge in [-0.25, -0.2) is 0 Å². The minimum absolute atomic E-state index is 0.198. The third kappa shape index (κ3) is 5.71. The summed E-state index contributed by atoms with van der Waals surface area (Å²) in [5, 5.41) is 54.0. The van der Waals surface area contributed by atoms with Crippen LogP contribution in [-0.4, -0.2) is 81.0 Å². The first-order valence-corrected chi connectivity index (χ1v) is 4.99. The van der Waals surface area contributed by atoms with Crippen LogP contribution >= 0.6 is 0 Å². The second kappa shape index (κ2) is 7.91. The van der Waals surface area contributed by atoms with Crippen molar-refractivity contribution < 1.29 is 35.4 Å². The molecule has 0 aliphatic carbocycles. The van der Waals surface area contributed by atoms with Crippen molar-refractivity contribution >= 4 is 0 Å². The Morgan fingerprint density at radius 3 is 1.81 bits per heavy atom. The highest BCUT2D eigenvalue weighted by molar-refractivity contribution is 4.74. The standard InChI is InChI=1S/C9H20O7/c1-5(11)7(13)3-16-4-8(14)9(15)6(12)2-10/h5-15H,2-4H2,1H3/t5?,6-,7?,8+,9-/m1/s1. The van der Waals surface area contributed by atoms with Crippen molar-refractivity contribution in [3.63, 3.8) is 0 Å². The first-order chi connectivity index (χ1) is 7.40. The average Bonchev–Trinajstić information content (AvgIpc) is 2.26. The molecular weight excluding hydrogens is 220 g/mol. The van der Waals surface area contributed by atoms with Gasteiger partial charge >= 0.3 is 0 Å². The van der Waals surface area contributed by atoms with Gasteiger partial charge in [0.25, 0.3) is 0 Å². The largest absolute Gasteiger partial charge is 0.394 e. The highest BCUT2D eigenvalue weighted by Crippen LogP contribution is 2.01. The fraction of sp³-hybridized carbons (Fsp3) is 1.00. The van der Waals surface area contributed by atoms with Crippen molar-refractivity contribution in [2.45, 2.75) is 37.4 Å². The molecule has 7 nitrogen and oxygen atoms in total. The molecular formula is C9H20O7. The van der Waals surface area contributed by atoms with Crippen LogP contribution in [0.1, 0.15) is 6.92 Å². The van der Waals surface area contributed by atoms with Crippen LogP contribution < -0.4 is 0 Å². The van der Waals surface area contributed by atoms with Crippen molar-refractivity contribution in [1.82, 2.24) is 0 Å². The summed E-state index contributed by atoms with van der Waals surface area (Å²) in [4.78, 5) is 0. The maximum Gasteiger partial charge on any atom is 0.110 e. The van der Waals surface area contributed by atoms with Gasteiger partial charge in [-0.1, -0.05) is 0 Å². The Morgan fingerprint density at radius 2 is 1.38 bits per heavy atom. The summed E-state index contributed by atoms with van der Waals surface area (Å²) < 4.78 is 4.82. The Bertz CT molecular complexity index is 175. The van der Waals surface area contributed by atoms with E-state index in [1.165, 1.54) is 6.92 Å². The van der Waals surface area contributed by atoms with Gasteiger partial charge in [0.05, 0.1) is 25.9 Å². The summed E-state index contributed by atoms with van der Waals surface area (Å²) in [6, 6.07) is 0. The SMILES string of the molecule is CC(O)C(O)COC[C@H](O)[C@H](O)[C@H](O)CO. The molecule has 0 aliphatic heterocycles. The van der Waals surface area contributed by atoms with Gasteiger partial charge in [0, 0.05) is 0 Å². The lowest BCUT2D eigenvalue weighted by Gasteiger charge is -2.22. The molecule has 0 heterocycles. The molecule has 0 rings (SSSR count). The number of rotatable bonds is 8. The fourth-order valence-corrected chi connectivity index (χ4v) is 0.912. The summed E-state index contributed by atoms with van der Waals surface area (Å²) in [6.07, 6.45) is -6.37. The number of aliphatic hydroxyl groups excluding tert-OH is 6. The Balaban J connectivity index is 3.76. The zero-order valence-electron chi connectivity index (χ0n) is 9.10. The maximum absolute atomic E-state index is 9.28. The van der Waals surface area contributed by atoms with Crippen molar-refractivity contribution in [3.05, 3.63) is 0 Å². The molecule has 6 N–H and O–H groups in total.